The third kappa shape index (κ3) is 3.00. The van der Waals surface area contributed by atoms with E-state index in [1.807, 2.05) is 6.92 Å². The Kier molecular flexibility index (Phi) is 4.77. The average molecular weight is 276 g/mol. The van der Waals surface area contributed by atoms with Gasteiger partial charge in [-0.05, 0) is 37.5 Å². The highest BCUT2D eigenvalue weighted by atomic mass is 19.1. The van der Waals surface area contributed by atoms with Gasteiger partial charge in [0.15, 0.2) is 11.6 Å². The lowest BCUT2D eigenvalue weighted by molar-refractivity contribution is 0.322. The zero-order chi connectivity index (χ0) is 14.5. The molecule has 0 amide bonds. The number of aromatic nitrogens is 1. The summed E-state index contributed by atoms with van der Waals surface area (Å²) < 4.78 is 19.2. The first kappa shape index (κ1) is 14.6. The van der Waals surface area contributed by atoms with Gasteiger partial charge < -0.3 is 10.1 Å². The van der Waals surface area contributed by atoms with Gasteiger partial charge in [-0.2, -0.15) is 0 Å². The van der Waals surface area contributed by atoms with Crippen molar-refractivity contribution in [1.82, 2.24) is 4.98 Å². The van der Waals surface area contributed by atoms with Gasteiger partial charge in [-0.1, -0.05) is 13.8 Å². The minimum atomic E-state index is -0.363. The van der Waals surface area contributed by atoms with Gasteiger partial charge in [0.2, 0.25) is 0 Å². The number of nitrogens with one attached hydrogen (secondary N) is 1. The molecule has 0 radical (unpaired) electrons. The van der Waals surface area contributed by atoms with Gasteiger partial charge in [0.1, 0.15) is 5.82 Å². The summed E-state index contributed by atoms with van der Waals surface area (Å²) in [5.41, 5.74) is 1.79. The lowest BCUT2D eigenvalue weighted by Gasteiger charge is -2.12. The molecule has 1 heterocycles. The van der Waals surface area contributed by atoms with E-state index >= 15 is 0 Å². The van der Waals surface area contributed by atoms with E-state index in [9.17, 15) is 4.39 Å². The molecule has 0 saturated carbocycles. The number of hydrogen-bond donors (Lipinski definition) is 1. The summed E-state index contributed by atoms with van der Waals surface area (Å²) in [6.45, 7) is 7.36. The molecule has 0 bridgehead atoms. The fourth-order valence-electron chi connectivity index (χ4n) is 2.15. The van der Waals surface area contributed by atoms with E-state index in [1.54, 1.807) is 6.07 Å². The highest BCUT2D eigenvalue weighted by Crippen LogP contribution is 2.27. The number of benzene rings is 1. The quantitative estimate of drug-likeness (QED) is 0.860. The Labute approximate surface area is 119 Å². The van der Waals surface area contributed by atoms with Crippen LogP contribution in [0.15, 0.2) is 18.2 Å². The maximum absolute atomic E-state index is 13.9. The fraction of sp³-hybridized carbons (Fsp3) is 0.438. The smallest absolute Gasteiger partial charge is 0.167 e. The normalized spacial score (nSPS) is 10.8. The zero-order valence-corrected chi connectivity index (χ0v) is 12.3. The molecule has 3 nitrogen and oxygen atoms in total. The Balaban J connectivity index is 2.49. The average Bonchev–Trinajstić information content (AvgIpc) is 2.45. The van der Waals surface area contributed by atoms with Crippen molar-refractivity contribution in [2.75, 3.05) is 18.5 Å². The molecular formula is C16H21FN2O. The number of halogens is 1. The predicted octanol–water partition coefficient (Wildman–Crippen LogP) is 4.16. The number of anilines is 1. The molecule has 0 atom stereocenters. The number of rotatable bonds is 6. The topological polar surface area (TPSA) is 34.2 Å². The summed E-state index contributed by atoms with van der Waals surface area (Å²) in [5.74, 6) is 0.779. The van der Waals surface area contributed by atoms with Crippen molar-refractivity contribution in [2.45, 2.75) is 33.6 Å². The van der Waals surface area contributed by atoms with Crippen molar-refractivity contribution in [2.24, 2.45) is 0 Å². The van der Waals surface area contributed by atoms with E-state index < -0.39 is 0 Å². The van der Waals surface area contributed by atoms with Gasteiger partial charge in [-0.15, -0.1) is 0 Å². The second-order valence-electron chi connectivity index (χ2n) is 4.68. The summed E-state index contributed by atoms with van der Waals surface area (Å²) in [4.78, 5) is 4.54. The van der Waals surface area contributed by atoms with Crippen LogP contribution in [0, 0.1) is 5.82 Å². The fourth-order valence-corrected chi connectivity index (χ4v) is 2.15. The monoisotopic (exact) mass is 276 g/mol. The molecule has 0 spiro atoms. The molecule has 1 aromatic carbocycles. The number of hydrogen-bond acceptors (Lipinski definition) is 3. The van der Waals surface area contributed by atoms with Gasteiger partial charge in [0.25, 0.3) is 0 Å². The van der Waals surface area contributed by atoms with E-state index in [1.165, 1.54) is 6.07 Å². The van der Waals surface area contributed by atoms with Gasteiger partial charge in [0, 0.05) is 18.0 Å². The lowest BCUT2D eigenvalue weighted by atomic mass is 10.1. The van der Waals surface area contributed by atoms with Crippen molar-refractivity contribution in [1.29, 1.82) is 0 Å². The van der Waals surface area contributed by atoms with Crippen LogP contribution in [0.3, 0.4) is 0 Å². The number of fused-ring (bicyclic) bond motifs is 1. The summed E-state index contributed by atoms with van der Waals surface area (Å²) in [5, 5.41) is 4.21. The predicted molar refractivity (Wildman–Crippen MR) is 81.0 cm³/mol. The zero-order valence-electron chi connectivity index (χ0n) is 12.3. The maximum atomic E-state index is 13.9. The second kappa shape index (κ2) is 6.55. The van der Waals surface area contributed by atoms with Gasteiger partial charge in [-0.25, -0.2) is 9.37 Å². The number of pyridine rings is 1. The molecule has 0 aliphatic heterocycles. The minimum absolute atomic E-state index is 0.290. The standard InChI is InChI=1S/C16H21FN2O/c1-4-7-18-16-11(5-2)8-12-9-15(20-6-3)13(17)10-14(12)19-16/h8-10H,4-7H2,1-3H3,(H,18,19). The molecule has 0 fully saturated rings. The van der Waals surface area contributed by atoms with E-state index in [0.717, 1.165) is 36.2 Å². The number of aryl methyl sites for hydroxylation is 1. The molecule has 1 aromatic heterocycles. The van der Waals surface area contributed by atoms with Crippen LogP contribution in [0.25, 0.3) is 10.9 Å². The van der Waals surface area contributed by atoms with E-state index in [2.05, 4.69) is 30.2 Å². The summed E-state index contributed by atoms with van der Waals surface area (Å²) in [7, 11) is 0. The Hall–Kier alpha value is -1.84. The highest BCUT2D eigenvalue weighted by Gasteiger charge is 2.10. The SMILES string of the molecule is CCCNc1nc2cc(F)c(OCC)cc2cc1CC. The van der Waals surface area contributed by atoms with Crippen LogP contribution in [0.1, 0.15) is 32.8 Å². The van der Waals surface area contributed by atoms with Gasteiger partial charge in [0.05, 0.1) is 12.1 Å². The molecule has 0 aliphatic rings. The van der Waals surface area contributed by atoms with Crippen molar-refractivity contribution < 1.29 is 9.13 Å². The van der Waals surface area contributed by atoms with E-state index in [0.29, 0.717) is 12.1 Å². The van der Waals surface area contributed by atoms with Crippen LogP contribution >= 0.6 is 0 Å². The van der Waals surface area contributed by atoms with Gasteiger partial charge >= 0.3 is 0 Å². The molecule has 0 saturated heterocycles. The maximum Gasteiger partial charge on any atom is 0.167 e. The van der Waals surface area contributed by atoms with Crippen LogP contribution in [0.5, 0.6) is 5.75 Å². The van der Waals surface area contributed by atoms with Gasteiger partial charge in [-0.3, -0.25) is 0 Å². The summed E-state index contributed by atoms with van der Waals surface area (Å²) in [6.07, 6.45) is 1.91. The second-order valence-corrected chi connectivity index (χ2v) is 4.68. The Morgan fingerprint density at radius 3 is 2.65 bits per heavy atom. The van der Waals surface area contributed by atoms with Crippen LogP contribution in [0.4, 0.5) is 10.2 Å². The molecule has 0 aliphatic carbocycles. The Morgan fingerprint density at radius 1 is 1.20 bits per heavy atom. The van der Waals surface area contributed by atoms with Crippen molar-refractivity contribution in [3.8, 4) is 5.75 Å². The minimum Gasteiger partial charge on any atom is -0.491 e. The molecule has 0 unspecified atom stereocenters. The molecular weight excluding hydrogens is 255 g/mol. The Bertz CT molecular complexity index is 599. The molecule has 20 heavy (non-hydrogen) atoms. The number of ether oxygens (including phenoxy) is 1. The van der Waals surface area contributed by atoms with Crippen LogP contribution in [-0.2, 0) is 6.42 Å². The first-order valence-corrected chi connectivity index (χ1v) is 7.19. The van der Waals surface area contributed by atoms with E-state index in [-0.39, 0.29) is 11.6 Å². The van der Waals surface area contributed by atoms with E-state index in [4.69, 9.17) is 4.74 Å². The van der Waals surface area contributed by atoms with Crippen LogP contribution < -0.4 is 10.1 Å². The summed E-state index contributed by atoms with van der Waals surface area (Å²) >= 11 is 0. The largest absolute Gasteiger partial charge is 0.491 e. The first-order valence-electron chi connectivity index (χ1n) is 7.19. The third-order valence-electron chi connectivity index (χ3n) is 3.17. The molecule has 108 valence electrons. The third-order valence-corrected chi connectivity index (χ3v) is 3.17. The Morgan fingerprint density at radius 2 is 2.00 bits per heavy atom. The highest BCUT2D eigenvalue weighted by molar-refractivity contribution is 5.83. The summed E-state index contributed by atoms with van der Waals surface area (Å²) in [6, 6.07) is 5.23. The van der Waals surface area contributed by atoms with Crippen molar-refractivity contribution >= 4 is 16.7 Å². The molecule has 1 N–H and O–H groups in total. The number of nitrogens with zero attached hydrogens (tertiary/aromatic N) is 1. The van der Waals surface area contributed by atoms with Crippen LogP contribution in [0.2, 0.25) is 0 Å². The first-order chi connectivity index (χ1) is 9.69. The lowest BCUT2D eigenvalue weighted by Crippen LogP contribution is -2.05. The molecule has 2 aromatic rings. The van der Waals surface area contributed by atoms with Crippen LogP contribution in [-0.4, -0.2) is 18.1 Å². The van der Waals surface area contributed by atoms with Crippen molar-refractivity contribution in [3.63, 3.8) is 0 Å². The van der Waals surface area contributed by atoms with Crippen molar-refractivity contribution in [3.05, 3.63) is 29.6 Å². The molecule has 4 heteroatoms. The molecule has 2 rings (SSSR count).